The summed E-state index contributed by atoms with van der Waals surface area (Å²) in [7, 11) is 1.94. The number of nitrogens with one attached hydrogen (secondary N) is 3. The lowest BCUT2D eigenvalue weighted by atomic mass is 10.0. The monoisotopic (exact) mass is 450 g/mol. The molecule has 1 saturated heterocycles. The van der Waals surface area contributed by atoms with E-state index in [0.717, 1.165) is 45.6 Å². The normalized spacial score (nSPS) is 17.5. The van der Waals surface area contributed by atoms with Crippen LogP contribution in [-0.2, 0) is 17.9 Å². The van der Waals surface area contributed by atoms with Gasteiger partial charge in [-0.2, -0.15) is 0 Å². The van der Waals surface area contributed by atoms with Gasteiger partial charge in [0.25, 0.3) is 5.91 Å². The van der Waals surface area contributed by atoms with E-state index in [2.05, 4.69) is 50.1 Å². The molecular formula is C25H34N6O2. The number of anilines is 1. The second-order valence-corrected chi connectivity index (χ2v) is 8.99. The maximum absolute atomic E-state index is 12.8. The molecule has 1 atom stereocenters. The average molecular weight is 451 g/mol. The van der Waals surface area contributed by atoms with E-state index in [9.17, 15) is 9.59 Å². The first-order valence-electron chi connectivity index (χ1n) is 11.7. The highest BCUT2D eigenvalue weighted by atomic mass is 16.2. The number of hydrogen-bond donors (Lipinski definition) is 3. The van der Waals surface area contributed by atoms with Gasteiger partial charge < -0.3 is 20.9 Å². The maximum atomic E-state index is 12.8. The Bertz CT molecular complexity index is 948. The Labute approximate surface area is 195 Å². The fourth-order valence-corrected chi connectivity index (χ4v) is 4.62. The first-order chi connectivity index (χ1) is 16.0. The molecule has 1 aromatic carbocycles. The standard InChI is InChI=1S/C25H34N6O2/c1-18(32)31-11-8-22(9-12-31)29-24-13-19(7-10-27-24)25(33)28-14-23(26-2)17-30-15-20-5-3-4-6-21(20)16-30/h3-7,10,13,22-23,26H,8-9,11-12,14-17H2,1-2H3,(H,27,29)(H,28,33). The van der Waals surface area contributed by atoms with Crippen LogP contribution in [0.4, 0.5) is 5.82 Å². The summed E-state index contributed by atoms with van der Waals surface area (Å²) in [6, 6.07) is 12.5. The molecule has 8 nitrogen and oxygen atoms in total. The lowest BCUT2D eigenvalue weighted by molar-refractivity contribution is -0.129. The Balaban J connectivity index is 1.25. The first kappa shape index (κ1) is 23.2. The lowest BCUT2D eigenvalue weighted by Crippen LogP contribution is -2.45. The van der Waals surface area contributed by atoms with E-state index >= 15 is 0 Å². The molecular weight excluding hydrogens is 416 g/mol. The van der Waals surface area contributed by atoms with Crippen molar-refractivity contribution in [2.45, 2.75) is 44.9 Å². The summed E-state index contributed by atoms with van der Waals surface area (Å²) in [6.45, 7) is 6.44. The van der Waals surface area contributed by atoms with Gasteiger partial charge in [0.1, 0.15) is 5.82 Å². The van der Waals surface area contributed by atoms with E-state index in [0.29, 0.717) is 17.9 Å². The molecule has 2 aliphatic heterocycles. The van der Waals surface area contributed by atoms with Gasteiger partial charge in [-0.15, -0.1) is 0 Å². The molecule has 1 fully saturated rings. The smallest absolute Gasteiger partial charge is 0.251 e. The van der Waals surface area contributed by atoms with Gasteiger partial charge in [-0.25, -0.2) is 4.98 Å². The zero-order chi connectivity index (χ0) is 23.2. The molecule has 3 N–H and O–H groups in total. The number of fused-ring (bicyclic) bond motifs is 1. The molecule has 0 spiro atoms. The summed E-state index contributed by atoms with van der Waals surface area (Å²) in [5.74, 6) is 0.722. The third-order valence-electron chi connectivity index (χ3n) is 6.62. The van der Waals surface area contributed by atoms with Crippen LogP contribution in [-0.4, -0.2) is 71.9 Å². The lowest BCUT2D eigenvalue weighted by Gasteiger charge is -2.32. The van der Waals surface area contributed by atoms with Crippen molar-refractivity contribution < 1.29 is 9.59 Å². The van der Waals surface area contributed by atoms with Gasteiger partial charge in [-0.05, 0) is 43.1 Å². The van der Waals surface area contributed by atoms with Crippen molar-refractivity contribution in [1.29, 1.82) is 0 Å². The van der Waals surface area contributed by atoms with E-state index in [-0.39, 0.29) is 23.9 Å². The van der Waals surface area contributed by atoms with Crippen LogP contribution in [0.3, 0.4) is 0 Å². The molecule has 0 bridgehead atoms. The number of piperidine rings is 1. The number of aromatic nitrogens is 1. The second kappa shape index (κ2) is 10.8. The van der Waals surface area contributed by atoms with Crippen molar-refractivity contribution in [3.05, 3.63) is 59.3 Å². The quantitative estimate of drug-likeness (QED) is 0.569. The maximum Gasteiger partial charge on any atom is 0.251 e. The number of benzene rings is 1. The van der Waals surface area contributed by atoms with E-state index in [4.69, 9.17) is 0 Å². The Morgan fingerprint density at radius 1 is 1.12 bits per heavy atom. The number of hydrogen-bond acceptors (Lipinski definition) is 6. The van der Waals surface area contributed by atoms with Crippen LogP contribution in [0, 0.1) is 0 Å². The third-order valence-corrected chi connectivity index (χ3v) is 6.62. The molecule has 176 valence electrons. The molecule has 2 aliphatic rings. The fourth-order valence-electron chi connectivity index (χ4n) is 4.62. The minimum Gasteiger partial charge on any atom is -0.367 e. The van der Waals surface area contributed by atoms with Crippen LogP contribution in [0.5, 0.6) is 0 Å². The molecule has 1 aromatic heterocycles. The van der Waals surface area contributed by atoms with Crippen LogP contribution < -0.4 is 16.0 Å². The van der Waals surface area contributed by atoms with Crippen LogP contribution in [0.1, 0.15) is 41.3 Å². The summed E-state index contributed by atoms with van der Waals surface area (Å²) in [5.41, 5.74) is 3.37. The van der Waals surface area contributed by atoms with E-state index < -0.39 is 0 Å². The van der Waals surface area contributed by atoms with Gasteiger partial charge in [0.2, 0.25) is 5.91 Å². The topological polar surface area (TPSA) is 89.6 Å². The van der Waals surface area contributed by atoms with Gasteiger partial charge in [0.05, 0.1) is 0 Å². The van der Waals surface area contributed by atoms with Crippen LogP contribution in [0.2, 0.25) is 0 Å². The molecule has 0 radical (unpaired) electrons. The third kappa shape index (κ3) is 6.09. The Morgan fingerprint density at radius 3 is 2.45 bits per heavy atom. The number of likely N-dealkylation sites (N-methyl/N-ethyl adjacent to an activating group) is 1. The SMILES string of the molecule is CNC(CNC(=O)c1ccnc(NC2CCN(C(C)=O)CC2)c1)CN1Cc2ccccc2C1. The van der Waals surface area contributed by atoms with Crippen LogP contribution >= 0.6 is 0 Å². The van der Waals surface area contributed by atoms with Crippen molar-refractivity contribution in [2.75, 3.05) is 38.5 Å². The highest BCUT2D eigenvalue weighted by Crippen LogP contribution is 2.22. The van der Waals surface area contributed by atoms with Crippen molar-refractivity contribution in [3.8, 4) is 0 Å². The second-order valence-electron chi connectivity index (χ2n) is 8.99. The summed E-state index contributed by atoms with van der Waals surface area (Å²) in [6.07, 6.45) is 3.42. The zero-order valence-corrected chi connectivity index (χ0v) is 19.5. The van der Waals surface area contributed by atoms with E-state index in [1.165, 1.54) is 11.1 Å². The molecule has 0 saturated carbocycles. The summed E-state index contributed by atoms with van der Waals surface area (Å²) >= 11 is 0. The van der Waals surface area contributed by atoms with Gasteiger partial charge >= 0.3 is 0 Å². The highest BCUT2D eigenvalue weighted by molar-refractivity contribution is 5.94. The number of rotatable bonds is 8. The van der Waals surface area contributed by atoms with Crippen molar-refractivity contribution in [2.24, 2.45) is 0 Å². The predicted molar refractivity (Wildman–Crippen MR) is 129 cm³/mol. The first-order valence-corrected chi connectivity index (χ1v) is 11.7. The highest BCUT2D eigenvalue weighted by Gasteiger charge is 2.22. The number of amides is 2. The van der Waals surface area contributed by atoms with Crippen LogP contribution in [0.15, 0.2) is 42.6 Å². The number of nitrogens with zero attached hydrogens (tertiary/aromatic N) is 3. The molecule has 2 amide bonds. The molecule has 3 heterocycles. The zero-order valence-electron chi connectivity index (χ0n) is 19.5. The fraction of sp³-hybridized carbons (Fsp3) is 0.480. The predicted octanol–water partition coefficient (Wildman–Crippen LogP) is 1.84. The summed E-state index contributed by atoms with van der Waals surface area (Å²) < 4.78 is 0. The summed E-state index contributed by atoms with van der Waals surface area (Å²) in [4.78, 5) is 33.0. The minimum absolute atomic E-state index is 0.100. The number of carbonyl (C=O) groups is 2. The van der Waals surface area contributed by atoms with Gasteiger partial charge in [0, 0.05) is 70.0 Å². The van der Waals surface area contributed by atoms with Crippen molar-refractivity contribution >= 4 is 17.6 Å². The molecule has 33 heavy (non-hydrogen) atoms. The molecule has 1 unspecified atom stereocenters. The van der Waals surface area contributed by atoms with Gasteiger partial charge in [-0.1, -0.05) is 24.3 Å². The van der Waals surface area contributed by atoms with E-state index in [1.54, 1.807) is 25.3 Å². The Kier molecular flexibility index (Phi) is 7.57. The van der Waals surface area contributed by atoms with E-state index in [1.807, 2.05) is 11.9 Å². The molecule has 8 heteroatoms. The number of carbonyl (C=O) groups excluding carboxylic acids is 2. The summed E-state index contributed by atoms with van der Waals surface area (Å²) in [5, 5.41) is 9.82. The Hall–Kier alpha value is -2.97. The molecule has 0 aliphatic carbocycles. The van der Waals surface area contributed by atoms with Crippen molar-refractivity contribution in [1.82, 2.24) is 25.4 Å². The van der Waals surface area contributed by atoms with Crippen molar-refractivity contribution in [3.63, 3.8) is 0 Å². The Morgan fingerprint density at radius 2 is 1.82 bits per heavy atom. The van der Waals surface area contributed by atoms with Gasteiger partial charge in [-0.3, -0.25) is 14.5 Å². The van der Waals surface area contributed by atoms with Crippen LogP contribution in [0.25, 0.3) is 0 Å². The molecule has 4 rings (SSSR count). The number of likely N-dealkylation sites (tertiary alicyclic amines) is 1. The van der Waals surface area contributed by atoms with Gasteiger partial charge in [0.15, 0.2) is 0 Å². The minimum atomic E-state index is -0.100. The number of pyridine rings is 1. The molecule has 2 aromatic rings. The largest absolute Gasteiger partial charge is 0.367 e. The average Bonchev–Trinajstić information content (AvgIpc) is 3.24.